The second-order valence-corrected chi connectivity index (χ2v) is 7.90. The summed E-state index contributed by atoms with van der Waals surface area (Å²) < 4.78 is 5.65. The monoisotopic (exact) mass is 430 g/mol. The van der Waals surface area contributed by atoms with Crippen LogP contribution in [0.1, 0.15) is 18.1 Å². The number of nitrogens with one attached hydrogen (secondary N) is 2. The van der Waals surface area contributed by atoms with Crippen molar-refractivity contribution in [2.45, 2.75) is 42.8 Å². The Morgan fingerprint density at radius 1 is 1.04 bits per heavy atom. The van der Waals surface area contributed by atoms with Gasteiger partial charge in [-0.3, -0.25) is 4.79 Å². The van der Waals surface area contributed by atoms with Gasteiger partial charge in [0.1, 0.15) is 6.10 Å². The lowest BCUT2D eigenvalue weighted by molar-refractivity contribution is -0.150. The molecular weight excluding hydrogens is 408 g/mol. The minimum Gasteiger partial charge on any atom is -0.458 e. The summed E-state index contributed by atoms with van der Waals surface area (Å²) in [4.78, 5) is 23.9. The number of ether oxygens (including phenoxy) is 1. The lowest BCUT2D eigenvalue weighted by Gasteiger charge is -2.40. The van der Waals surface area contributed by atoms with Crippen LogP contribution < -0.4 is 10.6 Å². The van der Waals surface area contributed by atoms with Crippen LogP contribution in [-0.2, 0) is 22.4 Å². The van der Waals surface area contributed by atoms with Gasteiger partial charge in [-0.15, -0.1) is 0 Å². The number of hydrogen-bond donors (Lipinski definition) is 2. The standard InChI is InChI=1S/C21H23BrN2O3/c1-14(25)27-20-18(13-16-10-6-3-7-11-16)23-21(26)24-19(20)17(22)12-15-8-4-2-5-9-15/h2-11,17-20H,12-13H2,1H3,(H2,23,24,26)/t17-,18+,19+,20-/m0/s1. The first-order valence-electron chi connectivity index (χ1n) is 8.99. The van der Waals surface area contributed by atoms with Gasteiger partial charge < -0.3 is 15.4 Å². The van der Waals surface area contributed by atoms with Crippen LogP contribution in [0.25, 0.3) is 0 Å². The summed E-state index contributed by atoms with van der Waals surface area (Å²) in [7, 11) is 0. The van der Waals surface area contributed by atoms with Gasteiger partial charge >= 0.3 is 12.0 Å². The molecule has 0 spiro atoms. The smallest absolute Gasteiger partial charge is 0.315 e. The summed E-state index contributed by atoms with van der Waals surface area (Å²) in [5.41, 5.74) is 2.23. The van der Waals surface area contributed by atoms with Crippen molar-refractivity contribution in [3.8, 4) is 0 Å². The molecule has 0 unspecified atom stereocenters. The van der Waals surface area contributed by atoms with Gasteiger partial charge in [0.2, 0.25) is 0 Å². The summed E-state index contributed by atoms with van der Waals surface area (Å²) in [6.07, 6.45) is 0.823. The molecule has 142 valence electrons. The summed E-state index contributed by atoms with van der Waals surface area (Å²) in [6, 6.07) is 19.0. The highest BCUT2D eigenvalue weighted by atomic mass is 79.9. The SMILES string of the molecule is CC(=O)O[C@@H]1[C@@H]([C@@H](Br)Cc2ccccc2)NC(=O)N[C@@H]1Cc1ccccc1. The first kappa shape index (κ1) is 19.4. The van der Waals surface area contributed by atoms with Crippen molar-refractivity contribution in [3.63, 3.8) is 0 Å². The highest BCUT2D eigenvalue weighted by Crippen LogP contribution is 2.24. The molecule has 3 rings (SSSR count). The highest BCUT2D eigenvalue weighted by molar-refractivity contribution is 9.09. The minimum atomic E-state index is -0.478. The molecule has 5 nitrogen and oxygen atoms in total. The third-order valence-electron chi connectivity index (χ3n) is 4.63. The normalized spacial score (nSPS) is 23.0. The zero-order valence-electron chi connectivity index (χ0n) is 15.1. The van der Waals surface area contributed by atoms with E-state index in [0.29, 0.717) is 12.8 Å². The fourth-order valence-corrected chi connectivity index (χ4v) is 4.23. The lowest BCUT2D eigenvalue weighted by atomic mass is 9.91. The van der Waals surface area contributed by atoms with E-state index in [2.05, 4.69) is 26.6 Å². The molecule has 0 bridgehead atoms. The van der Waals surface area contributed by atoms with Crippen LogP contribution in [0.3, 0.4) is 0 Å². The molecule has 2 amide bonds. The Balaban J connectivity index is 1.81. The van der Waals surface area contributed by atoms with E-state index in [-0.39, 0.29) is 28.9 Å². The van der Waals surface area contributed by atoms with Crippen molar-refractivity contribution >= 4 is 27.9 Å². The minimum absolute atomic E-state index is 0.0754. The van der Waals surface area contributed by atoms with Crippen molar-refractivity contribution in [2.24, 2.45) is 0 Å². The van der Waals surface area contributed by atoms with Gasteiger partial charge in [0.05, 0.1) is 12.1 Å². The molecule has 1 fully saturated rings. The van der Waals surface area contributed by atoms with E-state index in [0.717, 1.165) is 11.1 Å². The Kier molecular flexibility index (Phi) is 6.50. The zero-order valence-corrected chi connectivity index (χ0v) is 16.7. The quantitative estimate of drug-likeness (QED) is 0.545. The van der Waals surface area contributed by atoms with E-state index in [9.17, 15) is 9.59 Å². The Morgan fingerprint density at radius 2 is 1.63 bits per heavy atom. The Morgan fingerprint density at radius 3 is 2.22 bits per heavy atom. The summed E-state index contributed by atoms with van der Waals surface area (Å²) in [5, 5.41) is 5.85. The maximum atomic E-state index is 12.3. The largest absolute Gasteiger partial charge is 0.458 e. The molecule has 1 aliphatic heterocycles. The van der Waals surface area contributed by atoms with E-state index >= 15 is 0 Å². The van der Waals surface area contributed by atoms with E-state index in [4.69, 9.17) is 4.74 Å². The van der Waals surface area contributed by atoms with Crippen LogP contribution in [0, 0.1) is 0 Å². The fourth-order valence-electron chi connectivity index (χ4n) is 3.42. The molecule has 1 heterocycles. The number of carbonyl (C=O) groups is 2. The molecule has 2 aromatic rings. The molecule has 2 N–H and O–H groups in total. The van der Waals surface area contributed by atoms with Crippen LogP contribution >= 0.6 is 15.9 Å². The van der Waals surface area contributed by atoms with Gasteiger partial charge in [0.25, 0.3) is 0 Å². The number of alkyl halides is 1. The summed E-state index contributed by atoms with van der Waals surface area (Å²) >= 11 is 3.71. The molecule has 2 aromatic carbocycles. The van der Waals surface area contributed by atoms with Gasteiger partial charge in [-0.25, -0.2) is 4.79 Å². The molecule has 1 aliphatic rings. The van der Waals surface area contributed by atoms with Gasteiger partial charge in [0, 0.05) is 11.8 Å². The Labute approximate surface area is 167 Å². The fraction of sp³-hybridized carbons (Fsp3) is 0.333. The van der Waals surface area contributed by atoms with Crippen molar-refractivity contribution in [1.82, 2.24) is 10.6 Å². The zero-order chi connectivity index (χ0) is 19.2. The van der Waals surface area contributed by atoms with Crippen LogP contribution in [-0.4, -0.2) is 35.0 Å². The molecule has 0 aliphatic carbocycles. The number of rotatable bonds is 6. The first-order valence-corrected chi connectivity index (χ1v) is 9.90. The van der Waals surface area contributed by atoms with Crippen LogP contribution in [0.4, 0.5) is 4.79 Å². The van der Waals surface area contributed by atoms with Crippen LogP contribution in [0.15, 0.2) is 60.7 Å². The molecule has 1 saturated heterocycles. The number of hydrogen-bond acceptors (Lipinski definition) is 3. The topological polar surface area (TPSA) is 67.4 Å². The van der Waals surface area contributed by atoms with E-state index in [1.165, 1.54) is 6.92 Å². The maximum Gasteiger partial charge on any atom is 0.315 e. The predicted octanol–water partition coefficient (Wildman–Crippen LogP) is 3.22. The van der Waals surface area contributed by atoms with Crippen LogP contribution in [0.2, 0.25) is 0 Å². The number of halogens is 1. The van der Waals surface area contributed by atoms with E-state index in [1.54, 1.807) is 0 Å². The molecule has 27 heavy (non-hydrogen) atoms. The molecule has 0 aromatic heterocycles. The third-order valence-corrected chi connectivity index (χ3v) is 5.52. The van der Waals surface area contributed by atoms with Gasteiger partial charge in [0.15, 0.2) is 0 Å². The summed E-state index contributed by atoms with van der Waals surface area (Å²) in [6.45, 7) is 1.40. The summed E-state index contributed by atoms with van der Waals surface area (Å²) in [5.74, 6) is -0.361. The number of benzene rings is 2. The molecule has 0 saturated carbocycles. The lowest BCUT2D eigenvalue weighted by Crippen LogP contribution is -2.67. The molecule has 6 heteroatoms. The van der Waals surface area contributed by atoms with Gasteiger partial charge in [-0.1, -0.05) is 76.6 Å². The molecule has 4 atom stereocenters. The second-order valence-electron chi connectivity index (χ2n) is 6.72. The number of esters is 1. The Bertz CT molecular complexity index is 770. The Hall–Kier alpha value is -2.34. The highest BCUT2D eigenvalue weighted by Gasteiger charge is 2.42. The maximum absolute atomic E-state index is 12.3. The second kappa shape index (κ2) is 9.04. The third kappa shape index (κ3) is 5.32. The van der Waals surface area contributed by atoms with Crippen LogP contribution in [0.5, 0.6) is 0 Å². The van der Waals surface area contributed by atoms with Gasteiger partial charge in [-0.05, 0) is 24.0 Å². The van der Waals surface area contributed by atoms with Gasteiger partial charge in [-0.2, -0.15) is 0 Å². The predicted molar refractivity (Wildman–Crippen MR) is 108 cm³/mol. The van der Waals surface area contributed by atoms with Crippen molar-refractivity contribution in [3.05, 3.63) is 71.8 Å². The number of urea groups is 1. The molecular formula is C21H23BrN2O3. The van der Waals surface area contributed by atoms with Crippen molar-refractivity contribution in [2.75, 3.05) is 0 Å². The van der Waals surface area contributed by atoms with E-state index in [1.807, 2.05) is 60.7 Å². The number of carbonyl (C=O) groups excluding carboxylic acids is 2. The van der Waals surface area contributed by atoms with E-state index < -0.39 is 6.10 Å². The number of amides is 2. The molecule has 0 radical (unpaired) electrons. The van der Waals surface area contributed by atoms with Crippen molar-refractivity contribution in [1.29, 1.82) is 0 Å². The average Bonchev–Trinajstić information content (AvgIpc) is 2.65. The van der Waals surface area contributed by atoms with Crippen molar-refractivity contribution < 1.29 is 14.3 Å². The average molecular weight is 431 g/mol. The first-order chi connectivity index (χ1) is 13.0.